The topological polar surface area (TPSA) is 58.1 Å². The summed E-state index contributed by atoms with van der Waals surface area (Å²) in [5.74, 6) is 0.616. The van der Waals surface area contributed by atoms with Crippen molar-refractivity contribution in [3.05, 3.63) is 40.5 Å². The van der Waals surface area contributed by atoms with Crippen LogP contribution in [-0.4, -0.2) is 33.4 Å². The Bertz CT molecular complexity index is 610. The summed E-state index contributed by atoms with van der Waals surface area (Å²) in [6, 6.07) is 2.41. The van der Waals surface area contributed by atoms with Gasteiger partial charge in [0, 0.05) is 19.1 Å². The molecule has 110 valence electrons. The van der Waals surface area contributed by atoms with Crippen LogP contribution in [0.5, 0.6) is 0 Å². The molecular formula is C15H18N4OS. The van der Waals surface area contributed by atoms with Crippen LogP contribution >= 0.6 is 11.3 Å². The van der Waals surface area contributed by atoms with Gasteiger partial charge in [0.05, 0.1) is 12.4 Å². The van der Waals surface area contributed by atoms with Crippen LogP contribution < -0.4 is 5.32 Å². The number of rotatable bonds is 6. The van der Waals surface area contributed by atoms with Crippen molar-refractivity contribution in [2.24, 2.45) is 0 Å². The summed E-state index contributed by atoms with van der Waals surface area (Å²) >= 11 is 1.65. The van der Waals surface area contributed by atoms with Crippen LogP contribution in [0.15, 0.2) is 29.2 Å². The predicted molar refractivity (Wildman–Crippen MR) is 83.4 cm³/mol. The molecule has 0 aromatic carbocycles. The van der Waals surface area contributed by atoms with E-state index < -0.39 is 0 Å². The standard InChI is InChI=1S/C15H18N4OS/c1-2-17-14-8-16-7-13(18-14)15(20)19(12-3-4-12)9-11-5-6-21-10-11/h5-8,10,12H,2-4,9H2,1H3,(H,17,18). The first-order chi connectivity index (χ1) is 10.3. The van der Waals surface area contributed by atoms with Gasteiger partial charge in [0.1, 0.15) is 11.5 Å². The average molecular weight is 302 g/mol. The summed E-state index contributed by atoms with van der Waals surface area (Å²) < 4.78 is 0. The Kier molecular flexibility index (Phi) is 4.15. The highest BCUT2D eigenvalue weighted by atomic mass is 32.1. The number of thiophene rings is 1. The zero-order chi connectivity index (χ0) is 14.7. The average Bonchev–Trinajstić information content (AvgIpc) is 3.21. The number of amides is 1. The van der Waals surface area contributed by atoms with Gasteiger partial charge in [0.2, 0.25) is 0 Å². The van der Waals surface area contributed by atoms with E-state index in [1.807, 2.05) is 17.2 Å². The maximum atomic E-state index is 12.7. The van der Waals surface area contributed by atoms with Gasteiger partial charge in [0.15, 0.2) is 0 Å². The van der Waals surface area contributed by atoms with Crippen LogP contribution in [0.1, 0.15) is 35.8 Å². The maximum absolute atomic E-state index is 12.7. The fourth-order valence-corrected chi connectivity index (χ4v) is 2.87. The Morgan fingerprint density at radius 3 is 3.00 bits per heavy atom. The zero-order valence-corrected chi connectivity index (χ0v) is 12.8. The molecule has 2 aromatic heterocycles. The minimum atomic E-state index is -0.0315. The molecule has 2 aromatic rings. The molecule has 0 aliphatic heterocycles. The Labute approximate surface area is 128 Å². The van der Waals surface area contributed by atoms with Crippen molar-refractivity contribution in [1.82, 2.24) is 14.9 Å². The van der Waals surface area contributed by atoms with Gasteiger partial charge in [0.25, 0.3) is 5.91 Å². The lowest BCUT2D eigenvalue weighted by molar-refractivity contribution is 0.0724. The molecule has 1 aliphatic carbocycles. The number of nitrogens with one attached hydrogen (secondary N) is 1. The number of carbonyl (C=O) groups is 1. The predicted octanol–water partition coefficient (Wildman–Crippen LogP) is 2.77. The molecular weight excluding hydrogens is 284 g/mol. The molecule has 2 heterocycles. The molecule has 3 rings (SSSR count). The smallest absolute Gasteiger partial charge is 0.274 e. The molecule has 0 radical (unpaired) electrons. The summed E-state index contributed by atoms with van der Waals surface area (Å²) in [6.07, 6.45) is 5.35. The third-order valence-electron chi connectivity index (χ3n) is 3.39. The normalized spacial score (nSPS) is 14.0. The molecule has 1 aliphatic rings. The molecule has 1 saturated carbocycles. The molecule has 1 fully saturated rings. The maximum Gasteiger partial charge on any atom is 0.274 e. The fraction of sp³-hybridized carbons (Fsp3) is 0.400. The first-order valence-corrected chi connectivity index (χ1v) is 8.10. The number of aromatic nitrogens is 2. The molecule has 21 heavy (non-hydrogen) atoms. The van der Waals surface area contributed by atoms with Crippen LogP contribution in [0.3, 0.4) is 0 Å². The second kappa shape index (κ2) is 6.22. The van der Waals surface area contributed by atoms with Gasteiger partial charge in [-0.25, -0.2) is 4.98 Å². The highest BCUT2D eigenvalue weighted by molar-refractivity contribution is 7.07. The molecule has 6 heteroatoms. The van der Waals surface area contributed by atoms with E-state index in [0.717, 1.165) is 19.4 Å². The molecule has 0 bridgehead atoms. The molecule has 1 amide bonds. The molecule has 5 nitrogen and oxygen atoms in total. The number of hydrogen-bond acceptors (Lipinski definition) is 5. The minimum absolute atomic E-state index is 0.0315. The van der Waals surface area contributed by atoms with Crippen molar-refractivity contribution in [2.75, 3.05) is 11.9 Å². The molecule has 0 spiro atoms. The van der Waals surface area contributed by atoms with Gasteiger partial charge in [-0.2, -0.15) is 11.3 Å². The number of carbonyl (C=O) groups excluding carboxylic acids is 1. The molecule has 1 N–H and O–H groups in total. The largest absolute Gasteiger partial charge is 0.369 e. The van der Waals surface area contributed by atoms with Crippen molar-refractivity contribution in [3.63, 3.8) is 0 Å². The lowest BCUT2D eigenvalue weighted by atomic mass is 10.2. The summed E-state index contributed by atoms with van der Waals surface area (Å²) in [5, 5.41) is 7.21. The minimum Gasteiger partial charge on any atom is -0.369 e. The monoisotopic (exact) mass is 302 g/mol. The van der Waals surface area contributed by atoms with E-state index in [1.54, 1.807) is 23.7 Å². The van der Waals surface area contributed by atoms with E-state index in [-0.39, 0.29) is 5.91 Å². The quantitative estimate of drug-likeness (QED) is 0.891. The highest BCUT2D eigenvalue weighted by Crippen LogP contribution is 2.30. The Morgan fingerprint density at radius 1 is 1.48 bits per heavy atom. The van der Waals surface area contributed by atoms with Gasteiger partial charge >= 0.3 is 0 Å². The van der Waals surface area contributed by atoms with E-state index in [0.29, 0.717) is 24.1 Å². The van der Waals surface area contributed by atoms with Crippen molar-refractivity contribution in [2.45, 2.75) is 32.4 Å². The van der Waals surface area contributed by atoms with Crippen LogP contribution in [0.2, 0.25) is 0 Å². The number of hydrogen-bond donors (Lipinski definition) is 1. The van der Waals surface area contributed by atoms with Crippen molar-refractivity contribution in [1.29, 1.82) is 0 Å². The zero-order valence-electron chi connectivity index (χ0n) is 12.0. The summed E-state index contributed by atoms with van der Waals surface area (Å²) in [4.78, 5) is 23.1. The third-order valence-corrected chi connectivity index (χ3v) is 4.13. The van der Waals surface area contributed by atoms with Crippen LogP contribution in [0.4, 0.5) is 5.82 Å². The third kappa shape index (κ3) is 3.39. The van der Waals surface area contributed by atoms with Gasteiger partial charge in [-0.3, -0.25) is 9.78 Å². The molecule has 0 atom stereocenters. The van der Waals surface area contributed by atoms with Crippen molar-refractivity contribution in [3.8, 4) is 0 Å². The van der Waals surface area contributed by atoms with Gasteiger partial charge < -0.3 is 10.2 Å². The summed E-state index contributed by atoms with van der Waals surface area (Å²) in [5.41, 5.74) is 1.59. The lowest BCUT2D eigenvalue weighted by Gasteiger charge is -2.21. The summed E-state index contributed by atoms with van der Waals surface area (Å²) in [7, 11) is 0. The SMILES string of the molecule is CCNc1cncc(C(=O)N(Cc2ccsc2)C2CC2)n1. The molecule has 0 unspecified atom stereocenters. The number of nitrogens with zero attached hydrogens (tertiary/aromatic N) is 3. The second-order valence-electron chi connectivity index (χ2n) is 5.12. The fourth-order valence-electron chi connectivity index (χ4n) is 2.21. The molecule has 0 saturated heterocycles. The van der Waals surface area contributed by atoms with Gasteiger partial charge in [-0.1, -0.05) is 0 Å². The lowest BCUT2D eigenvalue weighted by Crippen LogP contribution is -2.33. The first-order valence-electron chi connectivity index (χ1n) is 7.16. The van der Waals surface area contributed by atoms with Crippen molar-refractivity contribution >= 4 is 23.1 Å². The van der Waals surface area contributed by atoms with Crippen LogP contribution in [0, 0.1) is 0 Å². The second-order valence-corrected chi connectivity index (χ2v) is 5.90. The Morgan fingerprint density at radius 2 is 2.33 bits per heavy atom. The first kappa shape index (κ1) is 14.0. The summed E-state index contributed by atoms with van der Waals surface area (Å²) in [6.45, 7) is 3.40. The van der Waals surface area contributed by atoms with Crippen LogP contribution in [-0.2, 0) is 6.54 Å². The van der Waals surface area contributed by atoms with E-state index in [1.165, 1.54) is 5.56 Å². The van der Waals surface area contributed by atoms with Gasteiger partial charge in [-0.05, 0) is 42.2 Å². The van der Waals surface area contributed by atoms with E-state index in [2.05, 4.69) is 26.7 Å². The van der Waals surface area contributed by atoms with E-state index in [9.17, 15) is 4.79 Å². The van der Waals surface area contributed by atoms with Crippen LogP contribution in [0.25, 0.3) is 0 Å². The van der Waals surface area contributed by atoms with E-state index >= 15 is 0 Å². The Hall–Kier alpha value is -1.95. The van der Waals surface area contributed by atoms with E-state index in [4.69, 9.17) is 0 Å². The number of anilines is 1. The van der Waals surface area contributed by atoms with Crippen molar-refractivity contribution < 1.29 is 4.79 Å². The highest BCUT2D eigenvalue weighted by Gasteiger charge is 2.33. The van der Waals surface area contributed by atoms with Gasteiger partial charge in [-0.15, -0.1) is 0 Å². The Balaban J connectivity index is 1.79.